The van der Waals surface area contributed by atoms with Gasteiger partial charge in [0, 0.05) is 36.1 Å². The Labute approximate surface area is 159 Å². The van der Waals surface area contributed by atoms with E-state index in [9.17, 15) is 9.90 Å². The zero-order valence-corrected chi connectivity index (χ0v) is 15.9. The number of methoxy groups -OCH3 is 1. The molecule has 0 fully saturated rings. The van der Waals surface area contributed by atoms with Gasteiger partial charge in [0.25, 0.3) is 5.91 Å². The molecule has 0 saturated heterocycles. The topological polar surface area (TPSA) is 86.2 Å². The second-order valence-corrected chi connectivity index (χ2v) is 5.79. The number of nitrogens with one attached hydrogen (secondary N) is 2. The first-order chi connectivity index (χ1) is 13.1. The molecule has 27 heavy (non-hydrogen) atoms. The smallest absolute Gasteiger partial charge is 0.259 e. The van der Waals surface area contributed by atoms with E-state index in [0.717, 1.165) is 30.2 Å². The molecule has 0 aliphatic heterocycles. The Hall–Kier alpha value is -3.22. The molecule has 2 rings (SSSR count). The van der Waals surface area contributed by atoms with Gasteiger partial charge in [0.05, 0.1) is 19.9 Å². The lowest BCUT2D eigenvalue weighted by atomic mass is 10.2. The molecule has 2 aromatic carbocycles. The van der Waals surface area contributed by atoms with Crippen molar-refractivity contribution < 1.29 is 14.6 Å². The molecule has 1 amide bonds. The molecule has 0 saturated carbocycles. The fourth-order valence-electron chi connectivity index (χ4n) is 2.53. The van der Waals surface area contributed by atoms with Crippen LogP contribution in [0.15, 0.2) is 47.6 Å². The number of hydrazone groups is 1. The van der Waals surface area contributed by atoms with E-state index in [1.807, 2.05) is 30.3 Å². The molecule has 0 unspecified atom stereocenters. The summed E-state index contributed by atoms with van der Waals surface area (Å²) in [6.45, 7) is 5.93. The van der Waals surface area contributed by atoms with Crippen molar-refractivity contribution in [3.63, 3.8) is 0 Å². The van der Waals surface area contributed by atoms with Gasteiger partial charge in [-0.15, -0.1) is 0 Å². The lowest BCUT2D eigenvalue weighted by molar-refractivity contribution is -0.119. The molecule has 0 atom stereocenters. The summed E-state index contributed by atoms with van der Waals surface area (Å²) in [5.41, 5.74) is 4.72. The van der Waals surface area contributed by atoms with Crippen molar-refractivity contribution in [3.8, 4) is 11.5 Å². The van der Waals surface area contributed by atoms with Crippen molar-refractivity contribution in [2.75, 3.05) is 37.0 Å². The minimum Gasteiger partial charge on any atom is -0.507 e. The molecule has 7 nitrogen and oxygen atoms in total. The Morgan fingerprint density at radius 3 is 2.48 bits per heavy atom. The van der Waals surface area contributed by atoms with Crippen molar-refractivity contribution in [2.24, 2.45) is 5.10 Å². The largest absolute Gasteiger partial charge is 0.507 e. The fourth-order valence-corrected chi connectivity index (χ4v) is 2.53. The third-order valence-electron chi connectivity index (χ3n) is 4.08. The molecule has 3 N–H and O–H groups in total. The Kier molecular flexibility index (Phi) is 7.49. The number of hydrogen-bond donors (Lipinski definition) is 3. The van der Waals surface area contributed by atoms with Crippen LogP contribution in [0.2, 0.25) is 0 Å². The first kappa shape index (κ1) is 20.1. The van der Waals surface area contributed by atoms with E-state index >= 15 is 0 Å². The predicted octanol–water partition coefficient (Wildman–Crippen LogP) is 2.81. The second kappa shape index (κ2) is 10.1. The number of amides is 1. The number of carbonyl (C=O) groups excluding carboxylic acids is 1. The molecule has 0 heterocycles. The van der Waals surface area contributed by atoms with Gasteiger partial charge in [-0.2, -0.15) is 5.10 Å². The van der Waals surface area contributed by atoms with Gasteiger partial charge >= 0.3 is 0 Å². The van der Waals surface area contributed by atoms with Crippen LogP contribution in [0.1, 0.15) is 19.4 Å². The summed E-state index contributed by atoms with van der Waals surface area (Å²) in [7, 11) is 1.60. The molecule has 0 aromatic heterocycles. The van der Waals surface area contributed by atoms with Crippen molar-refractivity contribution >= 4 is 23.5 Å². The first-order valence-corrected chi connectivity index (χ1v) is 8.85. The number of hydrogen-bond acceptors (Lipinski definition) is 6. The highest BCUT2D eigenvalue weighted by molar-refractivity contribution is 5.86. The Morgan fingerprint density at radius 1 is 1.19 bits per heavy atom. The average Bonchev–Trinajstić information content (AvgIpc) is 2.69. The number of phenols is 1. The lowest BCUT2D eigenvalue weighted by Crippen LogP contribution is -2.25. The van der Waals surface area contributed by atoms with Crippen LogP contribution in [0.3, 0.4) is 0 Å². The predicted molar refractivity (Wildman–Crippen MR) is 109 cm³/mol. The van der Waals surface area contributed by atoms with E-state index < -0.39 is 0 Å². The quantitative estimate of drug-likeness (QED) is 0.467. The number of rotatable bonds is 9. The molecule has 0 aliphatic carbocycles. The third kappa shape index (κ3) is 5.91. The maximum atomic E-state index is 11.9. The molecule has 0 bridgehead atoms. The number of carbonyl (C=O) groups is 1. The molecular formula is C20H26N4O3. The number of aromatic hydroxyl groups is 1. The van der Waals surface area contributed by atoms with Crippen LogP contribution in [0.25, 0.3) is 0 Å². The van der Waals surface area contributed by atoms with Crippen molar-refractivity contribution in [1.82, 2.24) is 5.43 Å². The second-order valence-electron chi connectivity index (χ2n) is 5.79. The lowest BCUT2D eigenvalue weighted by Gasteiger charge is -2.21. The molecule has 7 heteroatoms. The van der Waals surface area contributed by atoms with Gasteiger partial charge in [-0.25, -0.2) is 5.43 Å². The van der Waals surface area contributed by atoms with Crippen LogP contribution in [-0.2, 0) is 4.79 Å². The average molecular weight is 370 g/mol. The van der Waals surface area contributed by atoms with E-state index in [0.29, 0.717) is 5.56 Å². The maximum absolute atomic E-state index is 11.9. The van der Waals surface area contributed by atoms with Gasteiger partial charge in [0.1, 0.15) is 11.5 Å². The van der Waals surface area contributed by atoms with E-state index in [1.54, 1.807) is 19.2 Å². The highest BCUT2D eigenvalue weighted by Gasteiger charge is 2.06. The van der Waals surface area contributed by atoms with Crippen molar-refractivity contribution in [3.05, 3.63) is 48.0 Å². The van der Waals surface area contributed by atoms with Gasteiger partial charge in [-0.05, 0) is 50.2 Å². The normalized spacial score (nSPS) is 10.6. The van der Waals surface area contributed by atoms with Crippen molar-refractivity contribution in [1.29, 1.82) is 0 Å². The van der Waals surface area contributed by atoms with E-state index in [-0.39, 0.29) is 18.2 Å². The summed E-state index contributed by atoms with van der Waals surface area (Å²) in [6, 6.07) is 12.7. The third-order valence-corrected chi connectivity index (χ3v) is 4.08. The molecule has 2 aromatic rings. The van der Waals surface area contributed by atoms with Crippen LogP contribution in [-0.4, -0.2) is 44.0 Å². The Bertz CT molecular complexity index is 771. The maximum Gasteiger partial charge on any atom is 0.259 e. The van der Waals surface area contributed by atoms with Gasteiger partial charge in [-0.1, -0.05) is 0 Å². The van der Waals surface area contributed by atoms with Gasteiger partial charge < -0.3 is 20.1 Å². The molecule has 0 aliphatic rings. The molecule has 0 spiro atoms. The van der Waals surface area contributed by atoms with Crippen LogP contribution >= 0.6 is 0 Å². The number of nitrogens with zero attached hydrogens (tertiary/aromatic N) is 2. The minimum atomic E-state index is -0.290. The number of anilines is 2. The van der Waals surface area contributed by atoms with Gasteiger partial charge in [0.2, 0.25) is 0 Å². The number of ether oxygens (including phenoxy) is 1. The summed E-state index contributed by atoms with van der Waals surface area (Å²) in [4.78, 5) is 14.0. The SMILES string of the molecule is CCN(CC)c1ccc(C=NNC(=O)CNc2ccc(OC)cc2)c(O)c1. The van der Waals surface area contributed by atoms with Crippen LogP contribution < -0.4 is 20.4 Å². The highest BCUT2D eigenvalue weighted by Crippen LogP contribution is 2.23. The van der Waals surface area contributed by atoms with Crippen LogP contribution in [0.5, 0.6) is 11.5 Å². The Balaban J connectivity index is 1.85. The summed E-state index contributed by atoms with van der Waals surface area (Å²) < 4.78 is 5.08. The van der Waals surface area contributed by atoms with E-state index in [1.165, 1.54) is 6.21 Å². The molecule has 144 valence electrons. The van der Waals surface area contributed by atoms with Gasteiger partial charge in [-0.3, -0.25) is 4.79 Å². The fraction of sp³-hybridized carbons (Fsp3) is 0.300. The summed E-state index contributed by atoms with van der Waals surface area (Å²) in [5, 5.41) is 17.0. The molecule has 0 radical (unpaired) electrons. The number of phenolic OH excluding ortho intramolecular Hbond substituents is 1. The van der Waals surface area contributed by atoms with Gasteiger partial charge in [0.15, 0.2) is 0 Å². The number of benzene rings is 2. The van der Waals surface area contributed by atoms with E-state index in [4.69, 9.17) is 4.74 Å². The van der Waals surface area contributed by atoms with E-state index in [2.05, 4.69) is 34.6 Å². The van der Waals surface area contributed by atoms with Crippen molar-refractivity contribution in [2.45, 2.75) is 13.8 Å². The van der Waals surface area contributed by atoms with Crippen LogP contribution in [0, 0.1) is 0 Å². The minimum absolute atomic E-state index is 0.0799. The first-order valence-electron chi connectivity index (χ1n) is 8.85. The zero-order chi connectivity index (χ0) is 19.6. The monoisotopic (exact) mass is 370 g/mol. The van der Waals surface area contributed by atoms with Crippen LogP contribution in [0.4, 0.5) is 11.4 Å². The zero-order valence-electron chi connectivity index (χ0n) is 15.9. The Morgan fingerprint density at radius 2 is 1.89 bits per heavy atom. The molecular weight excluding hydrogens is 344 g/mol. The summed E-state index contributed by atoms with van der Waals surface area (Å²) >= 11 is 0. The summed E-state index contributed by atoms with van der Waals surface area (Å²) in [6.07, 6.45) is 1.42. The standard InChI is InChI=1S/C20H26N4O3/c1-4-24(5-2)17-9-6-15(19(25)12-17)13-22-23-20(26)14-21-16-7-10-18(27-3)11-8-16/h6-13,21,25H,4-5,14H2,1-3H3,(H,23,26). The highest BCUT2D eigenvalue weighted by atomic mass is 16.5. The summed E-state index contributed by atoms with van der Waals surface area (Å²) in [5.74, 6) is 0.580.